The molecule has 36 heavy (non-hydrogen) atoms. The van der Waals surface area contributed by atoms with Crippen LogP contribution in [0.5, 0.6) is 11.5 Å². The first-order valence-corrected chi connectivity index (χ1v) is 13.9. The Hall–Kier alpha value is -2.36. The Morgan fingerprint density at radius 2 is 1.53 bits per heavy atom. The molecule has 10 nitrogen and oxygen atoms in total. The molecule has 0 saturated carbocycles. The second-order valence-corrected chi connectivity index (χ2v) is 12.6. The third-order valence-electron chi connectivity index (χ3n) is 4.91. The molecule has 200 valence electrons. The lowest BCUT2D eigenvalue weighted by atomic mass is 10.3. The van der Waals surface area contributed by atoms with Crippen molar-refractivity contribution in [3.05, 3.63) is 53.1 Å². The highest BCUT2D eigenvalue weighted by atomic mass is 35.5. The summed E-state index contributed by atoms with van der Waals surface area (Å²) < 4.78 is 87.1. The number of likely N-dealkylation sites (N-methyl/N-ethyl adjacent to an activating group) is 1. The third-order valence-corrected chi connectivity index (χ3v) is 8.82. The van der Waals surface area contributed by atoms with Gasteiger partial charge in [-0.15, -0.1) is 0 Å². The monoisotopic (exact) mass is 568 g/mol. The minimum Gasteiger partial charge on any atom is -0.451 e. The maximum absolute atomic E-state index is 14.7. The number of benzene rings is 2. The summed E-state index contributed by atoms with van der Waals surface area (Å²) in [5.41, 5.74) is 5.16. The molecule has 2 aromatic rings. The lowest BCUT2D eigenvalue weighted by Gasteiger charge is -2.24. The fourth-order valence-corrected chi connectivity index (χ4v) is 5.67. The molecule has 1 amide bonds. The summed E-state index contributed by atoms with van der Waals surface area (Å²) in [6.07, 6.45) is 0. The number of nitrogens with two attached hydrogens (primary N) is 1. The van der Waals surface area contributed by atoms with Crippen LogP contribution in [-0.4, -0.2) is 89.3 Å². The van der Waals surface area contributed by atoms with E-state index in [1.54, 1.807) is 19.0 Å². The Morgan fingerprint density at radius 3 is 2.03 bits per heavy atom. The molecule has 0 aliphatic carbocycles. The first kappa shape index (κ1) is 29.9. The molecule has 0 saturated heterocycles. The van der Waals surface area contributed by atoms with Crippen molar-refractivity contribution in [2.24, 2.45) is 5.73 Å². The standard InChI is InChI=1S/C21H27ClF2N4O6S2/c1-26(2)10-11-35(30,31)27(3)8-9-28(14-20(25)29)36(32,33)17-12-18(23)21(19(24)13-17)34-16-6-4-15(22)5-7-16/h4-7,12-13H,8-11,14H2,1-3H3,(H2,25,29). The van der Waals surface area contributed by atoms with Gasteiger partial charge in [-0.05, 0) is 50.5 Å². The summed E-state index contributed by atoms with van der Waals surface area (Å²) in [5, 5.41) is 0.371. The molecule has 2 rings (SSSR count). The molecule has 0 heterocycles. The average Bonchev–Trinajstić information content (AvgIpc) is 2.78. The van der Waals surface area contributed by atoms with Crippen molar-refractivity contribution >= 4 is 37.6 Å². The number of halogens is 3. The molecular formula is C21H27ClF2N4O6S2. The number of carbonyl (C=O) groups excluding carboxylic acids is 1. The quantitative estimate of drug-likeness (QED) is 0.389. The average molecular weight is 569 g/mol. The normalized spacial score (nSPS) is 12.5. The molecule has 0 fully saturated rings. The van der Waals surface area contributed by atoms with Crippen LogP contribution < -0.4 is 10.5 Å². The van der Waals surface area contributed by atoms with E-state index in [2.05, 4.69) is 0 Å². The van der Waals surface area contributed by atoms with E-state index in [1.807, 2.05) is 0 Å². The van der Waals surface area contributed by atoms with Crippen LogP contribution in [0.4, 0.5) is 8.78 Å². The lowest BCUT2D eigenvalue weighted by molar-refractivity contribution is -0.118. The molecule has 2 aromatic carbocycles. The van der Waals surface area contributed by atoms with Crippen molar-refractivity contribution in [3.8, 4) is 11.5 Å². The van der Waals surface area contributed by atoms with E-state index in [1.165, 1.54) is 31.3 Å². The molecule has 0 bridgehead atoms. The van der Waals surface area contributed by atoms with Crippen LogP contribution in [0.25, 0.3) is 0 Å². The van der Waals surface area contributed by atoms with Gasteiger partial charge in [-0.1, -0.05) is 11.6 Å². The predicted molar refractivity (Wildman–Crippen MR) is 131 cm³/mol. The number of sulfonamides is 2. The lowest BCUT2D eigenvalue weighted by Crippen LogP contribution is -2.44. The van der Waals surface area contributed by atoms with Crippen LogP contribution in [0.2, 0.25) is 5.02 Å². The van der Waals surface area contributed by atoms with E-state index in [9.17, 15) is 30.4 Å². The van der Waals surface area contributed by atoms with E-state index in [-0.39, 0.29) is 24.6 Å². The second kappa shape index (κ2) is 12.3. The maximum Gasteiger partial charge on any atom is 0.243 e. The molecule has 0 atom stereocenters. The number of carbonyl (C=O) groups is 1. The van der Waals surface area contributed by atoms with Gasteiger partial charge in [-0.25, -0.2) is 29.9 Å². The van der Waals surface area contributed by atoms with Crippen LogP contribution >= 0.6 is 11.6 Å². The summed E-state index contributed by atoms with van der Waals surface area (Å²) >= 11 is 5.77. The van der Waals surface area contributed by atoms with Crippen LogP contribution in [0.1, 0.15) is 0 Å². The van der Waals surface area contributed by atoms with Gasteiger partial charge in [-0.2, -0.15) is 4.31 Å². The van der Waals surface area contributed by atoms with E-state index in [0.717, 1.165) is 4.31 Å². The highest BCUT2D eigenvalue weighted by Gasteiger charge is 2.30. The van der Waals surface area contributed by atoms with Crippen molar-refractivity contribution in [3.63, 3.8) is 0 Å². The van der Waals surface area contributed by atoms with Crippen LogP contribution in [0.3, 0.4) is 0 Å². The van der Waals surface area contributed by atoms with Crippen molar-refractivity contribution in [1.82, 2.24) is 13.5 Å². The minimum atomic E-state index is -4.65. The number of amides is 1. The van der Waals surface area contributed by atoms with Crippen molar-refractivity contribution in [1.29, 1.82) is 0 Å². The Balaban J connectivity index is 2.29. The Bertz CT molecular complexity index is 1270. The van der Waals surface area contributed by atoms with Crippen LogP contribution in [-0.2, 0) is 24.8 Å². The molecule has 15 heteroatoms. The zero-order valence-electron chi connectivity index (χ0n) is 19.8. The fourth-order valence-electron chi connectivity index (χ4n) is 2.86. The van der Waals surface area contributed by atoms with Gasteiger partial charge < -0.3 is 15.4 Å². The van der Waals surface area contributed by atoms with Gasteiger partial charge in [0.05, 0.1) is 17.2 Å². The Kier molecular flexibility index (Phi) is 10.2. The zero-order valence-corrected chi connectivity index (χ0v) is 22.2. The largest absolute Gasteiger partial charge is 0.451 e. The number of hydrogen-bond donors (Lipinski definition) is 1. The van der Waals surface area contributed by atoms with Gasteiger partial charge in [-0.3, -0.25) is 4.79 Å². The molecule has 0 aliphatic rings. The van der Waals surface area contributed by atoms with Crippen molar-refractivity contribution in [2.45, 2.75) is 4.90 Å². The van der Waals surface area contributed by atoms with E-state index in [4.69, 9.17) is 22.1 Å². The highest BCUT2D eigenvalue weighted by molar-refractivity contribution is 7.89. The smallest absolute Gasteiger partial charge is 0.243 e. The topological polar surface area (TPSA) is 130 Å². The van der Waals surface area contributed by atoms with Crippen molar-refractivity contribution < 1.29 is 35.1 Å². The molecule has 0 aliphatic heterocycles. The predicted octanol–water partition coefficient (Wildman–Crippen LogP) is 1.71. The molecule has 0 radical (unpaired) electrons. The van der Waals surface area contributed by atoms with Gasteiger partial charge in [0.2, 0.25) is 26.0 Å². The summed E-state index contributed by atoms with van der Waals surface area (Å²) in [4.78, 5) is 12.4. The maximum atomic E-state index is 14.7. The SMILES string of the molecule is CN(C)CCS(=O)(=O)N(C)CCN(CC(N)=O)S(=O)(=O)c1cc(F)c(Oc2ccc(Cl)cc2)c(F)c1. The second-order valence-electron chi connectivity index (χ2n) is 8.02. The van der Waals surface area contributed by atoms with Gasteiger partial charge in [0.15, 0.2) is 17.4 Å². The first-order valence-electron chi connectivity index (χ1n) is 10.4. The highest BCUT2D eigenvalue weighted by Crippen LogP contribution is 2.31. The summed E-state index contributed by atoms with van der Waals surface area (Å²) in [5.74, 6) is -4.67. The molecule has 0 aromatic heterocycles. The van der Waals surface area contributed by atoms with Crippen LogP contribution in [0, 0.1) is 11.6 Å². The molecule has 0 unspecified atom stereocenters. The van der Waals surface area contributed by atoms with E-state index >= 15 is 0 Å². The Morgan fingerprint density at radius 1 is 0.972 bits per heavy atom. The van der Waals surface area contributed by atoms with Gasteiger partial charge in [0, 0.05) is 31.7 Å². The minimum absolute atomic E-state index is 0.0571. The summed E-state index contributed by atoms with van der Waals surface area (Å²) in [6.45, 7) is -1.42. The molecular weight excluding hydrogens is 542 g/mol. The number of hydrogen-bond acceptors (Lipinski definition) is 7. The van der Waals surface area contributed by atoms with Gasteiger partial charge in [0.1, 0.15) is 5.75 Å². The fraction of sp³-hybridized carbons (Fsp3) is 0.381. The van der Waals surface area contributed by atoms with E-state index < -0.39 is 61.3 Å². The number of ether oxygens (including phenoxy) is 1. The molecule has 0 spiro atoms. The number of primary amides is 1. The summed E-state index contributed by atoms with van der Waals surface area (Å²) in [7, 11) is -3.74. The zero-order chi connectivity index (χ0) is 27.3. The van der Waals surface area contributed by atoms with E-state index in [0.29, 0.717) is 21.5 Å². The van der Waals surface area contributed by atoms with Crippen molar-refractivity contribution in [2.75, 3.05) is 53.1 Å². The van der Waals surface area contributed by atoms with Crippen LogP contribution in [0.15, 0.2) is 41.3 Å². The Labute approximate surface area is 214 Å². The molecule has 2 N–H and O–H groups in total. The summed E-state index contributed by atoms with van der Waals surface area (Å²) in [6, 6.07) is 6.67. The number of rotatable bonds is 13. The number of nitrogens with zero attached hydrogens (tertiary/aromatic N) is 3. The third kappa shape index (κ3) is 8.08. The van der Waals surface area contributed by atoms with Gasteiger partial charge >= 0.3 is 0 Å². The first-order chi connectivity index (χ1) is 16.6. The van der Waals surface area contributed by atoms with Gasteiger partial charge in [0.25, 0.3) is 0 Å².